The van der Waals surface area contributed by atoms with Crippen LogP contribution in [0.15, 0.2) is 24.5 Å². The van der Waals surface area contributed by atoms with Crippen molar-refractivity contribution in [3.8, 4) is 0 Å². The van der Waals surface area contributed by atoms with Gasteiger partial charge >= 0.3 is 0 Å². The lowest BCUT2D eigenvalue weighted by Gasteiger charge is -2.37. The fourth-order valence-electron chi connectivity index (χ4n) is 2.29. The Kier molecular flexibility index (Phi) is 3.21. The molecule has 0 spiro atoms. The van der Waals surface area contributed by atoms with Crippen molar-refractivity contribution < 1.29 is 5.11 Å². The number of aliphatic hydroxyl groups is 1. The molecule has 1 aromatic rings. The van der Waals surface area contributed by atoms with Gasteiger partial charge in [-0.25, -0.2) is 0 Å². The lowest BCUT2D eigenvalue weighted by atomic mass is 9.82. The molecule has 0 bridgehead atoms. The van der Waals surface area contributed by atoms with E-state index in [0.717, 1.165) is 18.5 Å². The van der Waals surface area contributed by atoms with Gasteiger partial charge in [-0.2, -0.15) is 0 Å². The Labute approximate surface area is 90.5 Å². The third-order valence-corrected chi connectivity index (χ3v) is 3.20. The highest BCUT2D eigenvalue weighted by Crippen LogP contribution is 2.31. The summed E-state index contributed by atoms with van der Waals surface area (Å²) in [6.07, 6.45) is 9.38. The Bertz CT molecular complexity index is 294. The highest BCUT2D eigenvalue weighted by Gasteiger charge is 2.30. The van der Waals surface area contributed by atoms with Crippen molar-refractivity contribution in [1.29, 1.82) is 0 Å². The lowest BCUT2D eigenvalue weighted by molar-refractivity contribution is 0.173. The van der Waals surface area contributed by atoms with Crippen LogP contribution in [-0.2, 0) is 0 Å². The standard InChI is InChI=1S/C12H18N2O/c15-10-12(6-2-1-3-7-12)14-11-4-8-13-9-5-11/h4-5,8-9,15H,1-3,6-7,10H2,(H,13,14). The average molecular weight is 206 g/mol. The molecule has 1 saturated carbocycles. The highest BCUT2D eigenvalue weighted by molar-refractivity contribution is 5.44. The number of hydrogen-bond acceptors (Lipinski definition) is 3. The van der Waals surface area contributed by atoms with Gasteiger partial charge in [-0.05, 0) is 25.0 Å². The summed E-state index contributed by atoms with van der Waals surface area (Å²) in [6, 6.07) is 3.90. The first-order valence-corrected chi connectivity index (χ1v) is 5.64. The van der Waals surface area contributed by atoms with E-state index in [4.69, 9.17) is 0 Å². The Morgan fingerprint density at radius 2 is 1.87 bits per heavy atom. The molecule has 15 heavy (non-hydrogen) atoms. The van der Waals surface area contributed by atoms with E-state index in [2.05, 4.69) is 10.3 Å². The second kappa shape index (κ2) is 4.62. The zero-order valence-electron chi connectivity index (χ0n) is 8.95. The zero-order chi connectivity index (χ0) is 10.6. The van der Waals surface area contributed by atoms with Crippen LogP contribution < -0.4 is 5.32 Å². The summed E-state index contributed by atoms with van der Waals surface area (Å²) in [7, 11) is 0. The second-order valence-corrected chi connectivity index (χ2v) is 4.36. The normalized spacial score (nSPS) is 19.8. The van der Waals surface area contributed by atoms with Crippen molar-refractivity contribution in [2.45, 2.75) is 37.6 Å². The molecule has 0 unspecified atom stereocenters. The maximum absolute atomic E-state index is 9.52. The van der Waals surface area contributed by atoms with Crippen molar-refractivity contribution in [1.82, 2.24) is 4.98 Å². The Morgan fingerprint density at radius 1 is 1.20 bits per heavy atom. The lowest BCUT2D eigenvalue weighted by Crippen LogP contribution is -2.43. The number of nitrogens with one attached hydrogen (secondary N) is 1. The minimum Gasteiger partial charge on any atom is -0.394 e. The molecule has 1 fully saturated rings. The van der Waals surface area contributed by atoms with Gasteiger partial charge in [0.25, 0.3) is 0 Å². The third-order valence-electron chi connectivity index (χ3n) is 3.20. The molecule has 1 heterocycles. The summed E-state index contributed by atoms with van der Waals surface area (Å²) in [5.74, 6) is 0. The first-order valence-electron chi connectivity index (χ1n) is 5.64. The number of anilines is 1. The van der Waals surface area contributed by atoms with E-state index < -0.39 is 0 Å². The predicted molar refractivity (Wildman–Crippen MR) is 60.8 cm³/mol. The largest absolute Gasteiger partial charge is 0.394 e. The van der Waals surface area contributed by atoms with E-state index >= 15 is 0 Å². The molecular formula is C12H18N2O. The van der Waals surface area contributed by atoms with Crippen LogP contribution in [0.4, 0.5) is 5.69 Å². The molecule has 0 radical (unpaired) electrons. The summed E-state index contributed by atoms with van der Waals surface area (Å²) in [4.78, 5) is 3.98. The monoisotopic (exact) mass is 206 g/mol. The number of pyridine rings is 1. The number of hydrogen-bond donors (Lipinski definition) is 2. The van der Waals surface area contributed by atoms with E-state index in [9.17, 15) is 5.11 Å². The van der Waals surface area contributed by atoms with Gasteiger partial charge in [0.1, 0.15) is 0 Å². The maximum atomic E-state index is 9.52. The van der Waals surface area contributed by atoms with Gasteiger partial charge in [0.05, 0.1) is 12.1 Å². The van der Waals surface area contributed by atoms with Crippen LogP contribution in [0, 0.1) is 0 Å². The molecule has 3 nitrogen and oxygen atoms in total. The maximum Gasteiger partial charge on any atom is 0.0661 e. The van der Waals surface area contributed by atoms with Gasteiger partial charge in [0.15, 0.2) is 0 Å². The molecule has 1 aromatic heterocycles. The van der Waals surface area contributed by atoms with Crippen LogP contribution in [0.25, 0.3) is 0 Å². The number of nitrogens with zero attached hydrogens (tertiary/aromatic N) is 1. The Hall–Kier alpha value is -1.09. The summed E-state index contributed by atoms with van der Waals surface area (Å²) >= 11 is 0. The Balaban J connectivity index is 2.07. The molecule has 0 amide bonds. The van der Waals surface area contributed by atoms with Crippen molar-refractivity contribution in [3.05, 3.63) is 24.5 Å². The van der Waals surface area contributed by atoms with Crippen LogP contribution in [0.5, 0.6) is 0 Å². The minimum absolute atomic E-state index is 0.0976. The Morgan fingerprint density at radius 3 is 2.47 bits per heavy atom. The smallest absolute Gasteiger partial charge is 0.0661 e. The molecule has 3 heteroatoms. The molecule has 2 rings (SSSR count). The average Bonchev–Trinajstić information content (AvgIpc) is 2.32. The molecule has 1 aliphatic rings. The van der Waals surface area contributed by atoms with Crippen molar-refractivity contribution >= 4 is 5.69 Å². The van der Waals surface area contributed by atoms with Gasteiger partial charge < -0.3 is 10.4 Å². The predicted octanol–water partition coefficient (Wildman–Crippen LogP) is 2.19. The fraction of sp³-hybridized carbons (Fsp3) is 0.583. The first kappa shape index (κ1) is 10.4. The van der Waals surface area contributed by atoms with Crippen molar-refractivity contribution in [2.24, 2.45) is 0 Å². The van der Waals surface area contributed by atoms with Gasteiger partial charge in [-0.3, -0.25) is 4.98 Å². The number of aromatic nitrogens is 1. The van der Waals surface area contributed by atoms with Crippen LogP contribution in [-0.4, -0.2) is 22.2 Å². The molecule has 0 aliphatic heterocycles. The van der Waals surface area contributed by atoms with Crippen LogP contribution >= 0.6 is 0 Å². The molecule has 0 saturated heterocycles. The third kappa shape index (κ3) is 2.48. The van der Waals surface area contributed by atoms with Crippen LogP contribution in [0.2, 0.25) is 0 Å². The SMILES string of the molecule is OCC1(Nc2ccncc2)CCCCC1. The molecular weight excluding hydrogens is 188 g/mol. The topological polar surface area (TPSA) is 45.1 Å². The van der Waals surface area contributed by atoms with E-state index in [1.54, 1.807) is 12.4 Å². The van der Waals surface area contributed by atoms with Crippen LogP contribution in [0.1, 0.15) is 32.1 Å². The molecule has 0 atom stereocenters. The summed E-state index contributed by atoms with van der Waals surface area (Å²) in [5, 5.41) is 13.0. The van der Waals surface area contributed by atoms with Crippen molar-refractivity contribution in [2.75, 3.05) is 11.9 Å². The quantitative estimate of drug-likeness (QED) is 0.796. The summed E-state index contributed by atoms with van der Waals surface area (Å²) in [5.41, 5.74) is 0.959. The molecule has 82 valence electrons. The van der Waals surface area contributed by atoms with Gasteiger partial charge in [0, 0.05) is 18.1 Å². The first-order chi connectivity index (χ1) is 7.35. The number of aliphatic hydroxyl groups excluding tert-OH is 1. The van der Waals surface area contributed by atoms with Gasteiger partial charge in [-0.1, -0.05) is 19.3 Å². The van der Waals surface area contributed by atoms with E-state index in [-0.39, 0.29) is 12.1 Å². The molecule has 1 aliphatic carbocycles. The van der Waals surface area contributed by atoms with Gasteiger partial charge in [0.2, 0.25) is 0 Å². The minimum atomic E-state index is -0.0976. The van der Waals surface area contributed by atoms with Gasteiger partial charge in [-0.15, -0.1) is 0 Å². The molecule has 2 N–H and O–H groups in total. The number of rotatable bonds is 3. The van der Waals surface area contributed by atoms with E-state index in [0.29, 0.717) is 0 Å². The van der Waals surface area contributed by atoms with Crippen molar-refractivity contribution in [3.63, 3.8) is 0 Å². The highest BCUT2D eigenvalue weighted by atomic mass is 16.3. The summed E-state index contributed by atoms with van der Waals surface area (Å²) in [6.45, 7) is 0.218. The van der Waals surface area contributed by atoms with Crippen LogP contribution in [0.3, 0.4) is 0 Å². The second-order valence-electron chi connectivity index (χ2n) is 4.36. The van der Waals surface area contributed by atoms with E-state index in [1.165, 1.54) is 19.3 Å². The fourth-order valence-corrected chi connectivity index (χ4v) is 2.29. The molecule has 0 aromatic carbocycles. The van der Waals surface area contributed by atoms with E-state index in [1.807, 2.05) is 12.1 Å². The summed E-state index contributed by atoms with van der Waals surface area (Å²) < 4.78 is 0. The zero-order valence-corrected chi connectivity index (χ0v) is 8.95.